The SMILES string of the molecule is COCC1CC(NCC(C)C)C(O)C1O. The van der Waals surface area contributed by atoms with Crippen LogP contribution in [0.2, 0.25) is 0 Å². The molecular weight excluding hydrogens is 194 g/mol. The molecule has 0 aromatic carbocycles. The van der Waals surface area contributed by atoms with Crippen LogP contribution in [0.4, 0.5) is 0 Å². The van der Waals surface area contributed by atoms with Gasteiger partial charge in [0.1, 0.15) is 0 Å². The molecule has 1 aliphatic carbocycles. The lowest BCUT2D eigenvalue weighted by Crippen LogP contribution is -2.41. The van der Waals surface area contributed by atoms with Gasteiger partial charge >= 0.3 is 0 Å². The number of aliphatic hydroxyl groups is 2. The lowest BCUT2D eigenvalue weighted by atomic mass is 10.1. The first-order valence-electron chi connectivity index (χ1n) is 5.64. The van der Waals surface area contributed by atoms with Crippen molar-refractivity contribution in [1.29, 1.82) is 0 Å². The zero-order valence-electron chi connectivity index (χ0n) is 9.81. The average Bonchev–Trinajstić information content (AvgIpc) is 2.44. The summed E-state index contributed by atoms with van der Waals surface area (Å²) in [6.45, 7) is 5.63. The summed E-state index contributed by atoms with van der Waals surface area (Å²) in [5.41, 5.74) is 0. The lowest BCUT2D eigenvalue weighted by Gasteiger charge is -2.19. The van der Waals surface area contributed by atoms with Crippen molar-refractivity contribution in [2.75, 3.05) is 20.3 Å². The summed E-state index contributed by atoms with van der Waals surface area (Å²) in [7, 11) is 1.62. The minimum absolute atomic E-state index is 0.00236. The molecule has 0 aromatic heterocycles. The van der Waals surface area contributed by atoms with Crippen molar-refractivity contribution in [2.45, 2.75) is 38.5 Å². The van der Waals surface area contributed by atoms with E-state index < -0.39 is 12.2 Å². The van der Waals surface area contributed by atoms with E-state index in [-0.39, 0.29) is 12.0 Å². The van der Waals surface area contributed by atoms with Gasteiger partial charge in [-0.3, -0.25) is 0 Å². The topological polar surface area (TPSA) is 61.7 Å². The van der Waals surface area contributed by atoms with Gasteiger partial charge in [0.15, 0.2) is 0 Å². The number of hydrogen-bond donors (Lipinski definition) is 3. The molecule has 4 atom stereocenters. The van der Waals surface area contributed by atoms with Gasteiger partial charge in [-0.05, 0) is 18.9 Å². The summed E-state index contributed by atoms with van der Waals surface area (Å²) in [6.07, 6.45) is -0.540. The minimum Gasteiger partial charge on any atom is -0.390 e. The minimum atomic E-state index is -0.663. The van der Waals surface area contributed by atoms with E-state index in [2.05, 4.69) is 19.2 Å². The van der Waals surface area contributed by atoms with Gasteiger partial charge in [0.05, 0.1) is 18.8 Å². The fraction of sp³-hybridized carbons (Fsp3) is 1.00. The summed E-state index contributed by atoms with van der Waals surface area (Å²) in [5, 5.41) is 22.8. The average molecular weight is 217 g/mol. The van der Waals surface area contributed by atoms with E-state index in [1.165, 1.54) is 0 Å². The highest BCUT2D eigenvalue weighted by Crippen LogP contribution is 2.27. The first-order chi connectivity index (χ1) is 7.06. The standard InChI is InChI=1S/C11H23NO3/c1-7(2)5-12-9-4-8(6-15-3)10(13)11(9)14/h7-14H,4-6H2,1-3H3. The molecule has 0 spiro atoms. The molecule has 0 bridgehead atoms. The van der Waals surface area contributed by atoms with E-state index in [1.54, 1.807) is 7.11 Å². The Morgan fingerprint density at radius 1 is 1.33 bits per heavy atom. The van der Waals surface area contributed by atoms with Crippen molar-refractivity contribution < 1.29 is 14.9 Å². The molecule has 0 radical (unpaired) electrons. The Bertz CT molecular complexity index is 187. The Kier molecular flexibility index (Phi) is 4.99. The normalized spacial score (nSPS) is 36.4. The molecule has 3 N–H and O–H groups in total. The molecular formula is C11H23NO3. The van der Waals surface area contributed by atoms with Gasteiger partial charge in [0.25, 0.3) is 0 Å². The fourth-order valence-electron chi connectivity index (χ4n) is 2.09. The molecule has 0 amide bonds. The summed E-state index contributed by atoms with van der Waals surface area (Å²) < 4.78 is 5.02. The molecule has 1 aliphatic rings. The van der Waals surface area contributed by atoms with E-state index in [9.17, 15) is 10.2 Å². The van der Waals surface area contributed by atoms with Crippen molar-refractivity contribution >= 4 is 0 Å². The second kappa shape index (κ2) is 5.80. The highest BCUT2D eigenvalue weighted by Gasteiger charge is 2.40. The first-order valence-corrected chi connectivity index (χ1v) is 5.64. The monoisotopic (exact) mass is 217 g/mol. The molecule has 0 aromatic rings. The number of aliphatic hydroxyl groups excluding tert-OH is 2. The van der Waals surface area contributed by atoms with Crippen LogP contribution in [0.3, 0.4) is 0 Å². The fourth-order valence-corrected chi connectivity index (χ4v) is 2.09. The maximum absolute atomic E-state index is 9.80. The third-order valence-corrected chi connectivity index (χ3v) is 2.97. The molecule has 1 fully saturated rings. The highest BCUT2D eigenvalue weighted by molar-refractivity contribution is 4.95. The van der Waals surface area contributed by atoms with Crippen LogP contribution in [0.25, 0.3) is 0 Å². The second-order valence-electron chi connectivity index (χ2n) is 4.84. The van der Waals surface area contributed by atoms with Crippen molar-refractivity contribution in [3.05, 3.63) is 0 Å². The molecule has 1 rings (SSSR count). The predicted octanol–water partition coefficient (Wildman–Crippen LogP) is -0.0113. The Morgan fingerprint density at radius 2 is 2.00 bits per heavy atom. The van der Waals surface area contributed by atoms with Crippen LogP contribution in [0, 0.1) is 11.8 Å². The van der Waals surface area contributed by atoms with Crippen LogP contribution in [0.1, 0.15) is 20.3 Å². The van der Waals surface area contributed by atoms with E-state index in [4.69, 9.17) is 4.74 Å². The zero-order valence-corrected chi connectivity index (χ0v) is 9.81. The van der Waals surface area contributed by atoms with Gasteiger partial charge in [0, 0.05) is 19.1 Å². The van der Waals surface area contributed by atoms with E-state index in [1.807, 2.05) is 0 Å². The molecule has 90 valence electrons. The van der Waals surface area contributed by atoms with E-state index in [0.717, 1.165) is 13.0 Å². The van der Waals surface area contributed by atoms with Gasteiger partial charge in [-0.2, -0.15) is 0 Å². The maximum atomic E-state index is 9.80. The van der Waals surface area contributed by atoms with Crippen LogP contribution >= 0.6 is 0 Å². The zero-order chi connectivity index (χ0) is 11.4. The molecule has 0 heterocycles. The number of methoxy groups -OCH3 is 1. The Labute approximate surface area is 91.6 Å². The molecule has 4 heteroatoms. The number of rotatable bonds is 5. The number of nitrogens with one attached hydrogen (secondary N) is 1. The first kappa shape index (κ1) is 12.9. The van der Waals surface area contributed by atoms with E-state index >= 15 is 0 Å². The smallest absolute Gasteiger partial charge is 0.0955 e. The lowest BCUT2D eigenvalue weighted by molar-refractivity contribution is -0.00601. The third kappa shape index (κ3) is 3.41. The predicted molar refractivity (Wildman–Crippen MR) is 58.6 cm³/mol. The largest absolute Gasteiger partial charge is 0.390 e. The van der Waals surface area contributed by atoms with Crippen molar-refractivity contribution in [1.82, 2.24) is 5.32 Å². The molecule has 15 heavy (non-hydrogen) atoms. The van der Waals surface area contributed by atoms with Gasteiger partial charge in [-0.15, -0.1) is 0 Å². The molecule has 4 nitrogen and oxygen atoms in total. The summed E-state index contributed by atoms with van der Waals surface area (Å²) in [6, 6.07) is 0.00236. The van der Waals surface area contributed by atoms with Crippen molar-refractivity contribution in [3.8, 4) is 0 Å². The Balaban J connectivity index is 2.40. The summed E-state index contributed by atoms with van der Waals surface area (Å²) in [5.74, 6) is 0.602. The molecule has 0 aliphatic heterocycles. The number of hydrogen-bond acceptors (Lipinski definition) is 4. The Morgan fingerprint density at radius 3 is 2.53 bits per heavy atom. The van der Waals surface area contributed by atoms with Crippen molar-refractivity contribution in [3.63, 3.8) is 0 Å². The summed E-state index contributed by atoms with van der Waals surface area (Å²) >= 11 is 0. The molecule has 4 unspecified atom stereocenters. The third-order valence-electron chi connectivity index (χ3n) is 2.97. The number of ether oxygens (including phenoxy) is 1. The van der Waals surface area contributed by atoms with Crippen LogP contribution in [0.15, 0.2) is 0 Å². The molecule has 1 saturated carbocycles. The highest BCUT2D eigenvalue weighted by atomic mass is 16.5. The van der Waals surface area contributed by atoms with Crippen LogP contribution < -0.4 is 5.32 Å². The van der Waals surface area contributed by atoms with Gasteiger partial charge in [-0.1, -0.05) is 13.8 Å². The van der Waals surface area contributed by atoms with Crippen molar-refractivity contribution in [2.24, 2.45) is 11.8 Å². The van der Waals surface area contributed by atoms with Gasteiger partial charge in [0.2, 0.25) is 0 Å². The van der Waals surface area contributed by atoms with Crippen LogP contribution in [0.5, 0.6) is 0 Å². The molecule has 0 saturated heterocycles. The second-order valence-corrected chi connectivity index (χ2v) is 4.84. The van der Waals surface area contributed by atoms with Gasteiger partial charge < -0.3 is 20.3 Å². The quantitative estimate of drug-likeness (QED) is 0.606. The maximum Gasteiger partial charge on any atom is 0.0955 e. The van der Waals surface area contributed by atoms with E-state index in [0.29, 0.717) is 12.5 Å². The Hall–Kier alpha value is -0.160. The van der Waals surface area contributed by atoms with Crippen LogP contribution in [-0.2, 0) is 4.74 Å². The summed E-state index contributed by atoms with van der Waals surface area (Å²) in [4.78, 5) is 0. The van der Waals surface area contributed by atoms with Gasteiger partial charge in [-0.25, -0.2) is 0 Å². The van der Waals surface area contributed by atoms with Crippen LogP contribution in [-0.4, -0.2) is 48.7 Å².